The molecule has 0 fully saturated rings. The highest BCUT2D eigenvalue weighted by molar-refractivity contribution is 5.75. The van der Waals surface area contributed by atoms with Crippen LogP contribution < -0.4 is 0 Å². The van der Waals surface area contributed by atoms with Gasteiger partial charge in [0.25, 0.3) is 0 Å². The van der Waals surface area contributed by atoms with Crippen molar-refractivity contribution in [3.63, 3.8) is 0 Å². The molecule has 0 radical (unpaired) electrons. The number of carbonyl (C=O) groups excluding carboxylic acids is 1. The number of aliphatic hydroxyl groups excluding tert-OH is 2. The molecule has 0 heterocycles. The van der Waals surface area contributed by atoms with Gasteiger partial charge < -0.3 is 14.9 Å². The second kappa shape index (κ2) is 6.21. The number of rotatable bonds is 5. The summed E-state index contributed by atoms with van der Waals surface area (Å²) in [4.78, 5) is 11.5. The molecular weight excluding hydrogens is 208 g/mol. The van der Waals surface area contributed by atoms with Gasteiger partial charge in [-0.25, -0.2) is 0 Å². The Labute approximate surface area is 97.6 Å². The van der Waals surface area contributed by atoms with Gasteiger partial charge in [0.15, 0.2) is 0 Å². The largest absolute Gasteiger partial charge is 0.465 e. The third kappa shape index (κ3) is 4.94. The molecular formula is C12H24O4. The zero-order valence-corrected chi connectivity index (χ0v) is 10.9. The van der Waals surface area contributed by atoms with Crippen LogP contribution in [0.15, 0.2) is 0 Å². The maximum atomic E-state index is 11.5. The van der Waals surface area contributed by atoms with Crippen LogP contribution in [0.25, 0.3) is 0 Å². The van der Waals surface area contributed by atoms with Crippen LogP contribution in [0.5, 0.6) is 0 Å². The van der Waals surface area contributed by atoms with E-state index in [0.717, 1.165) is 0 Å². The fourth-order valence-electron chi connectivity index (χ4n) is 1.19. The molecule has 4 nitrogen and oxygen atoms in total. The number of hydrogen-bond donors (Lipinski definition) is 2. The fourth-order valence-corrected chi connectivity index (χ4v) is 1.19. The van der Waals surface area contributed by atoms with E-state index in [1.807, 2.05) is 0 Å². The summed E-state index contributed by atoms with van der Waals surface area (Å²) in [7, 11) is 0. The van der Waals surface area contributed by atoms with E-state index in [2.05, 4.69) is 0 Å². The van der Waals surface area contributed by atoms with Gasteiger partial charge in [0.1, 0.15) is 0 Å². The molecule has 0 aromatic carbocycles. The van der Waals surface area contributed by atoms with Crippen molar-refractivity contribution in [3.8, 4) is 0 Å². The standard InChI is InChI=1S/C12H24O4/c1-8(6-13)10(14)9(2)7-16-11(15)12(3,4)5/h8-10,13-14H,6-7H2,1-5H3/t8-,9-,10+/m1/s1. The van der Waals surface area contributed by atoms with E-state index in [9.17, 15) is 9.90 Å². The molecule has 0 aromatic rings. The number of ether oxygens (including phenoxy) is 1. The van der Waals surface area contributed by atoms with Gasteiger partial charge in [-0.2, -0.15) is 0 Å². The van der Waals surface area contributed by atoms with Crippen LogP contribution in [-0.4, -0.2) is 35.5 Å². The fraction of sp³-hybridized carbons (Fsp3) is 0.917. The third-order valence-corrected chi connectivity index (χ3v) is 2.54. The molecule has 0 saturated heterocycles. The van der Waals surface area contributed by atoms with E-state index in [1.165, 1.54) is 0 Å². The molecule has 0 aromatic heterocycles. The summed E-state index contributed by atoms with van der Waals surface area (Å²) in [6.45, 7) is 9.02. The average Bonchev–Trinajstić information content (AvgIpc) is 2.21. The van der Waals surface area contributed by atoms with Gasteiger partial charge in [-0.15, -0.1) is 0 Å². The Hall–Kier alpha value is -0.610. The molecule has 3 atom stereocenters. The normalized spacial score (nSPS) is 17.7. The summed E-state index contributed by atoms with van der Waals surface area (Å²) in [5, 5.41) is 18.6. The second-order valence-corrected chi connectivity index (χ2v) is 5.48. The minimum absolute atomic E-state index is 0.0707. The van der Waals surface area contributed by atoms with Gasteiger partial charge in [0.2, 0.25) is 0 Å². The highest BCUT2D eigenvalue weighted by atomic mass is 16.5. The Kier molecular flexibility index (Phi) is 5.97. The number of esters is 1. The van der Waals surface area contributed by atoms with Crippen molar-refractivity contribution in [1.82, 2.24) is 0 Å². The summed E-state index contributed by atoms with van der Waals surface area (Å²) in [6.07, 6.45) is -0.655. The minimum atomic E-state index is -0.655. The highest BCUT2D eigenvalue weighted by Gasteiger charge is 2.26. The monoisotopic (exact) mass is 232 g/mol. The Morgan fingerprint density at radius 2 is 1.75 bits per heavy atom. The zero-order valence-electron chi connectivity index (χ0n) is 10.9. The van der Waals surface area contributed by atoms with Gasteiger partial charge in [-0.05, 0) is 20.8 Å². The van der Waals surface area contributed by atoms with E-state index in [0.29, 0.717) is 0 Å². The van der Waals surface area contributed by atoms with Crippen LogP contribution in [-0.2, 0) is 9.53 Å². The first-order chi connectivity index (χ1) is 7.20. The number of carbonyl (C=O) groups is 1. The van der Waals surface area contributed by atoms with Crippen molar-refractivity contribution in [3.05, 3.63) is 0 Å². The summed E-state index contributed by atoms with van der Waals surface area (Å²) < 4.78 is 5.10. The molecule has 0 unspecified atom stereocenters. The molecule has 0 aliphatic carbocycles. The first-order valence-electron chi connectivity index (χ1n) is 5.66. The first-order valence-corrected chi connectivity index (χ1v) is 5.66. The van der Waals surface area contributed by atoms with E-state index in [1.54, 1.807) is 34.6 Å². The topological polar surface area (TPSA) is 66.8 Å². The van der Waals surface area contributed by atoms with E-state index in [4.69, 9.17) is 9.84 Å². The number of hydrogen-bond acceptors (Lipinski definition) is 4. The van der Waals surface area contributed by atoms with Crippen LogP contribution in [0.3, 0.4) is 0 Å². The van der Waals surface area contributed by atoms with Gasteiger partial charge in [0, 0.05) is 18.4 Å². The smallest absolute Gasteiger partial charge is 0.311 e. The SMILES string of the molecule is C[C@H](CO)[C@H](O)[C@H](C)COC(=O)C(C)(C)C. The third-order valence-electron chi connectivity index (χ3n) is 2.54. The summed E-state index contributed by atoms with van der Waals surface area (Å²) in [5.74, 6) is -0.653. The average molecular weight is 232 g/mol. The predicted molar refractivity (Wildman–Crippen MR) is 61.8 cm³/mol. The van der Waals surface area contributed by atoms with E-state index in [-0.39, 0.29) is 31.0 Å². The Morgan fingerprint density at radius 1 is 1.25 bits per heavy atom. The van der Waals surface area contributed by atoms with Gasteiger partial charge in [-0.1, -0.05) is 13.8 Å². The first kappa shape index (κ1) is 15.4. The molecule has 0 spiro atoms. The van der Waals surface area contributed by atoms with Gasteiger partial charge in [-0.3, -0.25) is 4.79 Å². The van der Waals surface area contributed by atoms with Crippen molar-refractivity contribution < 1.29 is 19.7 Å². The van der Waals surface area contributed by atoms with Crippen molar-refractivity contribution in [1.29, 1.82) is 0 Å². The van der Waals surface area contributed by atoms with Crippen molar-refractivity contribution in [2.45, 2.75) is 40.7 Å². The lowest BCUT2D eigenvalue weighted by Gasteiger charge is -2.24. The van der Waals surface area contributed by atoms with Crippen LogP contribution >= 0.6 is 0 Å². The molecule has 0 bridgehead atoms. The second-order valence-electron chi connectivity index (χ2n) is 5.48. The van der Waals surface area contributed by atoms with Crippen molar-refractivity contribution in [2.75, 3.05) is 13.2 Å². The molecule has 0 rings (SSSR count). The highest BCUT2D eigenvalue weighted by Crippen LogP contribution is 2.18. The lowest BCUT2D eigenvalue weighted by Crippen LogP contribution is -2.33. The molecule has 0 aliphatic rings. The molecule has 4 heteroatoms. The predicted octanol–water partition coefficient (Wildman–Crippen LogP) is 1.20. The van der Waals surface area contributed by atoms with Gasteiger partial charge >= 0.3 is 5.97 Å². The van der Waals surface area contributed by atoms with Crippen molar-refractivity contribution in [2.24, 2.45) is 17.3 Å². The minimum Gasteiger partial charge on any atom is -0.465 e. The maximum absolute atomic E-state index is 11.5. The zero-order chi connectivity index (χ0) is 12.9. The Balaban J connectivity index is 4.08. The van der Waals surface area contributed by atoms with Crippen LogP contribution in [0.2, 0.25) is 0 Å². The molecule has 0 saturated carbocycles. The van der Waals surface area contributed by atoms with E-state index < -0.39 is 11.5 Å². The molecule has 2 N–H and O–H groups in total. The van der Waals surface area contributed by atoms with Crippen molar-refractivity contribution >= 4 is 5.97 Å². The maximum Gasteiger partial charge on any atom is 0.311 e. The summed E-state index contributed by atoms with van der Waals surface area (Å²) in [6, 6.07) is 0. The Bertz CT molecular complexity index is 220. The van der Waals surface area contributed by atoms with Crippen LogP contribution in [0.1, 0.15) is 34.6 Å². The molecule has 96 valence electrons. The lowest BCUT2D eigenvalue weighted by molar-refractivity contribution is -0.155. The molecule has 0 aliphatic heterocycles. The molecule has 0 amide bonds. The quantitative estimate of drug-likeness (QED) is 0.699. The van der Waals surface area contributed by atoms with Gasteiger partial charge in [0.05, 0.1) is 18.1 Å². The summed E-state index contributed by atoms with van der Waals surface area (Å²) >= 11 is 0. The van der Waals surface area contributed by atoms with Crippen LogP contribution in [0.4, 0.5) is 0 Å². The molecule has 16 heavy (non-hydrogen) atoms. The lowest BCUT2D eigenvalue weighted by atomic mass is 9.94. The van der Waals surface area contributed by atoms with Crippen LogP contribution in [0, 0.1) is 17.3 Å². The van der Waals surface area contributed by atoms with E-state index >= 15 is 0 Å². The summed E-state index contributed by atoms with van der Waals surface area (Å²) in [5.41, 5.74) is -0.521. The number of aliphatic hydroxyl groups is 2. The Morgan fingerprint density at radius 3 is 2.12 bits per heavy atom.